The molecule has 1 aromatic carbocycles. The first-order chi connectivity index (χ1) is 10.5. The summed E-state index contributed by atoms with van der Waals surface area (Å²) in [6.45, 7) is 2.27. The molecule has 0 saturated carbocycles. The summed E-state index contributed by atoms with van der Waals surface area (Å²) in [6, 6.07) is 6.35. The molecule has 22 heavy (non-hydrogen) atoms. The quantitative estimate of drug-likeness (QED) is 0.739. The zero-order chi connectivity index (χ0) is 16.2. The third kappa shape index (κ3) is 3.79. The average Bonchev–Trinajstić information content (AvgIpc) is 3.02. The second kappa shape index (κ2) is 7.13. The molecule has 0 N–H and O–H groups in total. The van der Waals surface area contributed by atoms with Crippen LogP contribution >= 0.6 is 22.9 Å². The van der Waals surface area contributed by atoms with Gasteiger partial charge >= 0.3 is 0 Å². The zero-order valence-corrected chi connectivity index (χ0v) is 14.3. The molecule has 0 radical (unpaired) electrons. The van der Waals surface area contributed by atoms with Crippen LogP contribution < -0.4 is 9.47 Å². The third-order valence-electron chi connectivity index (χ3n) is 2.63. The van der Waals surface area contributed by atoms with Gasteiger partial charge in [0.15, 0.2) is 11.5 Å². The highest BCUT2D eigenvalue weighted by Crippen LogP contribution is 2.36. The number of nitrogens with zero attached hydrogens (tertiary/aromatic N) is 1. The van der Waals surface area contributed by atoms with Crippen LogP contribution in [0.1, 0.15) is 12.5 Å². The Morgan fingerprint density at radius 1 is 1.41 bits per heavy atom. The number of sulfonamides is 1. The molecule has 1 heterocycles. The minimum absolute atomic E-state index is 0.188. The van der Waals surface area contributed by atoms with Gasteiger partial charge < -0.3 is 9.47 Å². The van der Waals surface area contributed by atoms with Gasteiger partial charge in [-0.05, 0) is 36.1 Å². The Bertz CT molecular complexity index is 770. The van der Waals surface area contributed by atoms with Crippen molar-refractivity contribution < 1.29 is 17.9 Å². The first kappa shape index (κ1) is 16.8. The van der Waals surface area contributed by atoms with Crippen molar-refractivity contribution >= 4 is 39.2 Å². The van der Waals surface area contributed by atoms with Gasteiger partial charge in [-0.15, -0.1) is 11.3 Å². The molecule has 0 aliphatic heterocycles. The third-order valence-corrected chi connectivity index (χ3v) is 5.52. The molecule has 0 bridgehead atoms. The van der Waals surface area contributed by atoms with Gasteiger partial charge in [-0.3, -0.25) is 0 Å². The number of halogens is 1. The molecule has 0 aliphatic carbocycles. The fourth-order valence-corrected chi connectivity index (χ4v) is 3.81. The molecule has 0 unspecified atom stereocenters. The van der Waals surface area contributed by atoms with Crippen LogP contribution in [-0.4, -0.2) is 28.3 Å². The molecule has 1 aromatic heterocycles. The molecule has 0 amide bonds. The summed E-state index contributed by atoms with van der Waals surface area (Å²) < 4.78 is 38.5. The van der Waals surface area contributed by atoms with Crippen LogP contribution in [0.2, 0.25) is 5.02 Å². The average molecular weight is 360 g/mol. The molecular formula is C14H14ClNO4S2. The number of methoxy groups -OCH3 is 1. The molecule has 118 valence electrons. The van der Waals surface area contributed by atoms with E-state index in [0.29, 0.717) is 28.7 Å². The lowest BCUT2D eigenvalue weighted by Gasteiger charge is -2.11. The molecule has 2 aromatic rings. The standard InChI is InChI=1S/C14H14ClNO4S2/c1-3-20-14-11(15)7-10(8-12(14)19-2)9-16-22(17,18)13-5-4-6-21-13/h4-9H,3H2,1-2H3/b16-9-. The Kier molecular flexibility index (Phi) is 5.44. The van der Waals surface area contributed by atoms with Gasteiger partial charge in [-0.25, -0.2) is 0 Å². The van der Waals surface area contributed by atoms with E-state index in [1.807, 2.05) is 6.92 Å². The van der Waals surface area contributed by atoms with Crippen molar-refractivity contribution in [3.63, 3.8) is 0 Å². The van der Waals surface area contributed by atoms with E-state index in [1.54, 1.807) is 23.6 Å². The second-order valence-electron chi connectivity index (χ2n) is 4.11. The maximum atomic E-state index is 12.0. The highest BCUT2D eigenvalue weighted by atomic mass is 35.5. The summed E-state index contributed by atoms with van der Waals surface area (Å²) in [4.78, 5) is 0. The lowest BCUT2D eigenvalue weighted by molar-refractivity contribution is 0.311. The molecule has 2 rings (SSSR count). The monoisotopic (exact) mass is 359 g/mol. The van der Waals surface area contributed by atoms with Crippen molar-refractivity contribution in [2.24, 2.45) is 4.40 Å². The Hall–Kier alpha value is -1.57. The van der Waals surface area contributed by atoms with Crippen LogP contribution in [0.4, 0.5) is 0 Å². The number of benzene rings is 1. The minimum atomic E-state index is -3.70. The van der Waals surface area contributed by atoms with Crippen molar-refractivity contribution in [3.05, 3.63) is 40.2 Å². The zero-order valence-electron chi connectivity index (χ0n) is 11.9. The van der Waals surface area contributed by atoms with Crippen LogP contribution in [0.15, 0.2) is 38.3 Å². The Balaban J connectivity index is 2.34. The van der Waals surface area contributed by atoms with E-state index in [2.05, 4.69) is 4.40 Å². The van der Waals surface area contributed by atoms with Crippen LogP contribution in [0.25, 0.3) is 0 Å². The summed E-state index contributed by atoms with van der Waals surface area (Å²) in [6.07, 6.45) is 1.24. The Morgan fingerprint density at radius 2 is 2.18 bits per heavy atom. The SMILES string of the molecule is CCOc1c(Cl)cc(/C=N\S(=O)(=O)c2cccs2)cc1OC. The summed E-state index contributed by atoms with van der Waals surface area (Å²) in [5, 5.41) is 2.01. The van der Waals surface area contributed by atoms with Crippen molar-refractivity contribution in [3.8, 4) is 11.5 Å². The Labute approximate surface area is 138 Å². The predicted octanol–water partition coefficient (Wildman–Crippen LogP) is 3.62. The second-order valence-corrected chi connectivity index (χ2v) is 7.32. The molecule has 0 fully saturated rings. The van der Waals surface area contributed by atoms with Gasteiger partial charge in [0, 0.05) is 6.21 Å². The largest absolute Gasteiger partial charge is 0.493 e. The van der Waals surface area contributed by atoms with Gasteiger partial charge in [-0.1, -0.05) is 17.7 Å². The van der Waals surface area contributed by atoms with Crippen molar-refractivity contribution in [1.29, 1.82) is 0 Å². The van der Waals surface area contributed by atoms with E-state index < -0.39 is 10.0 Å². The number of rotatable bonds is 6. The molecule has 0 spiro atoms. The summed E-state index contributed by atoms with van der Waals surface area (Å²) in [5.41, 5.74) is 0.505. The van der Waals surface area contributed by atoms with E-state index >= 15 is 0 Å². The summed E-state index contributed by atoms with van der Waals surface area (Å²) in [5.74, 6) is 0.842. The fourth-order valence-electron chi connectivity index (χ4n) is 1.69. The predicted molar refractivity (Wildman–Crippen MR) is 88.3 cm³/mol. The maximum Gasteiger partial charge on any atom is 0.291 e. The first-order valence-electron chi connectivity index (χ1n) is 6.32. The van der Waals surface area contributed by atoms with Crippen molar-refractivity contribution in [1.82, 2.24) is 0 Å². The molecule has 8 heteroatoms. The van der Waals surface area contributed by atoms with E-state index in [9.17, 15) is 8.42 Å². The lowest BCUT2D eigenvalue weighted by Crippen LogP contribution is -1.99. The fraction of sp³-hybridized carbons (Fsp3) is 0.214. The van der Waals surface area contributed by atoms with Crippen LogP contribution in [0, 0.1) is 0 Å². The highest BCUT2D eigenvalue weighted by Gasteiger charge is 2.14. The van der Waals surface area contributed by atoms with Gasteiger partial charge in [0.05, 0.1) is 18.7 Å². The van der Waals surface area contributed by atoms with Gasteiger partial charge in [0.2, 0.25) is 0 Å². The number of hydrogen-bond acceptors (Lipinski definition) is 5. The Morgan fingerprint density at radius 3 is 2.77 bits per heavy atom. The summed E-state index contributed by atoms with van der Waals surface area (Å²) >= 11 is 7.24. The molecule has 0 atom stereocenters. The van der Waals surface area contributed by atoms with E-state index in [1.165, 1.54) is 19.4 Å². The van der Waals surface area contributed by atoms with E-state index in [0.717, 1.165) is 11.3 Å². The molecular weight excluding hydrogens is 346 g/mol. The first-order valence-corrected chi connectivity index (χ1v) is 9.02. The van der Waals surface area contributed by atoms with Crippen molar-refractivity contribution in [2.75, 3.05) is 13.7 Å². The number of thiophene rings is 1. The minimum Gasteiger partial charge on any atom is -0.493 e. The lowest BCUT2D eigenvalue weighted by atomic mass is 10.2. The van der Waals surface area contributed by atoms with Gasteiger partial charge in [0.25, 0.3) is 10.0 Å². The van der Waals surface area contributed by atoms with Crippen LogP contribution in [0.3, 0.4) is 0 Å². The maximum absolute atomic E-state index is 12.0. The smallest absolute Gasteiger partial charge is 0.291 e. The molecule has 5 nitrogen and oxygen atoms in total. The van der Waals surface area contributed by atoms with Crippen LogP contribution in [-0.2, 0) is 10.0 Å². The molecule has 0 aliphatic rings. The van der Waals surface area contributed by atoms with E-state index in [4.69, 9.17) is 21.1 Å². The molecule has 0 saturated heterocycles. The van der Waals surface area contributed by atoms with Crippen molar-refractivity contribution in [2.45, 2.75) is 11.1 Å². The highest BCUT2D eigenvalue weighted by molar-refractivity contribution is 7.92. The van der Waals surface area contributed by atoms with Crippen LogP contribution in [0.5, 0.6) is 11.5 Å². The summed E-state index contributed by atoms with van der Waals surface area (Å²) in [7, 11) is -2.21. The van der Waals surface area contributed by atoms with E-state index in [-0.39, 0.29) is 4.21 Å². The normalized spacial score (nSPS) is 11.8. The van der Waals surface area contributed by atoms with Gasteiger partial charge in [0.1, 0.15) is 4.21 Å². The number of ether oxygens (including phenoxy) is 2. The van der Waals surface area contributed by atoms with Gasteiger partial charge in [-0.2, -0.15) is 12.8 Å². The topological polar surface area (TPSA) is 65.0 Å². The number of hydrogen-bond donors (Lipinski definition) is 0.